The van der Waals surface area contributed by atoms with Crippen molar-refractivity contribution in [1.29, 1.82) is 0 Å². The number of alkyl halides is 10. The quantitative estimate of drug-likeness (QED) is 0.266. The molecule has 126 valence electrons. The van der Waals surface area contributed by atoms with Gasteiger partial charge in [0, 0.05) is 24.1 Å². The van der Waals surface area contributed by atoms with E-state index in [1.807, 2.05) is 0 Å². The summed E-state index contributed by atoms with van der Waals surface area (Å²) in [7, 11) is 0. The number of halogens is 11. The molecule has 0 aromatic rings. The Hall–Kier alpha value is 2.93. The fourth-order valence-electron chi connectivity index (χ4n) is 0.195. The van der Waals surface area contributed by atoms with Gasteiger partial charge in [0.2, 0.25) is 3.79 Å². The third-order valence-corrected chi connectivity index (χ3v) is 4.03. The summed E-state index contributed by atoms with van der Waals surface area (Å²) in [5, 5.41) is -0.617. The van der Waals surface area contributed by atoms with Crippen molar-refractivity contribution in [1.82, 2.24) is 0 Å². The molecule has 0 aliphatic carbocycles. The highest BCUT2D eigenvalue weighted by Gasteiger charge is 2.29. The highest BCUT2D eigenvalue weighted by molar-refractivity contribution is 6.70. The molecule has 0 saturated heterocycles. The van der Waals surface area contributed by atoms with Crippen molar-refractivity contribution in [3.05, 3.63) is 12.7 Å². The lowest BCUT2D eigenvalue weighted by Crippen LogP contribution is -2.20. The van der Waals surface area contributed by atoms with E-state index >= 15 is 0 Å². The molecular formula is C9H13Cl11. The predicted molar refractivity (Wildman–Crippen MR) is 104 cm³/mol. The SMILES string of the molecule is C=CCCl.Cl.ClCC(Cl)C(Cl)(Cl)Cl.ClCCC(Cl)(Cl)Cl. The molecule has 0 aromatic heterocycles. The standard InChI is InChI=1S/C3H3Cl5.C3H4Cl4.C3H5Cl.ClH/c4-1-2(5)3(6,7)8;4-2-1-3(5,6)7;1-2-3-4;/h2H,1H2;1-2H2;2H,1,3H2;1H. The van der Waals surface area contributed by atoms with Crippen molar-refractivity contribution in [2.45, 2.75) is 19.4 Å². The van der Waals surface area contributed by atoms with Crippen molar-refractivity contribution in [3.63, 3.8) is 0 Å². The maximum Gasteiger partial charge on any atom is 0.207 e. The summed E-state index contributed by atoms with van der Waals surface area (Å²) >= 11 is 52.7. The van der Waals surface area contributed by atoms with Gasteiger partial charge in [-0.1, -0.05) is 75.7 Å². The van der Waals surface area contributed by atoms with Crippen LogP contribution in [0.25, 0.3) is 0 Å². The minimum Gasteiger partial charge on any atom is -0.147 e. The largest absolute Gasteiger partial charge is 0.207 e. The van der Waals surface area contributed by atoms with E-state index in [4.69, 9.17) is 116 Å². The van der Waals surface area contributed by atoms with Crippen LogP contribution in [0.2, 0.25) is 0 Å². The minimum atomic E-state index is -1.44. The molecule has 0 aromatic carbocycles. The molecule has 0 spiro atoms. The molecule has 0 saturated carbocycles. The number of hydrogen-bond acceptors (Lipinski definition) is 0. The maximum absolute atomic E-state index is 5.41. The molecule has 0 aliphatic heterocycles. The van der Waals surface area contributed by atoms with E-state index in [-0.39, 0.29) is 18.3 Å². The minimum absolute atomic E-state index is 0. The molecule has 1 atom stereocenters. The molecular weight excluding hydrogens is 498 g/mol. The number of hydrogen-bond donors (Lipinski definition) is 0. The first-order chi connectivity index (χ1) is 8.46. The van der Waals surface area contributed by atoms with Crippen LogP contribution in [0.1, 0.15) is 6.42 Å². The van der Waals surface area contributed by atoms with Gasteiger partial charge in [0.05, 0.1) is 5.38 Å². The smallest absolute Gasteiger partial charge is 0.147 e. The predicted octanol–water partition coefficient (Wildman–Crippen LogP) is 8.02. The molecule has 0 aliphatic rings. The first-order valence-electron chi connectivity index (χ1n) is 4.52. The first kappa shape index (κ1) is 30.8. The van der Waals surface area contributed by atoms with E-state index in [0.29, 0.717) is 18.2 Å². The molecule has 0 amide bonds. The molecule has 20 heavy (non-hydrogen) atoms. The van der Waals surface area contributed by atoms with Crippen LogP contribution in [0.5, 0.6) is 0 Å². The highest BCUT2D eigenvalue weighted by atomic mass is 35.6. The molecule has 0 N–H and O–H groups in total. The summed E-state index contributed by atoms with van der Waals surface area (Å²) in [6, 6.07) is 0. The Morgan fingerprint density at radius 3 is 1.30 bits per heavy atom. The van der Waals surface area contributed by atoms with Crippen LogP contribution < -0.4 is 0 Å². The van der Waals surface area contributed by atoms with Crippen molar-refractivity contribution in [2.24, 2.45) is 0 Å². The fraction of sp³-hybridized carbons (Fsp3) is 0.778. The second-order valence-electron chi connectivity index (χ2n) is 2.66. The van der Waals surface area contributed by atoms with Crippen molar-refractivity contribution < 1.29 is 0 Å². The lowest BCUT2D eigenvalue weighted by atomic mass is 10.5. The second-order valence-corrected chi connectivity index (χ2v) is 9.07. The fourth-order valence-corrected chi connectivity index (χ4v) is 1.75. The van der Waals surface area contributed by atoms with Crippen molar-refractivity contribution >= 4 is 128 Å². The molecule has 0 rings (SSSR count). The normalized spacial score (nSPS) is 11.9. The topological polar surface area (TPSA) is 0 Å². The van der Waals surface area contributed by atoms with E-state index in [1.165, 1.54) is 0 Å². The Bertz CT molecular complexity index is 195. The lowest BCUT2D eigenvalue weighted by Gasteiger charge is -2.13. The second kappa shape index (κ2) is 18.3. The first-order valence-corrected chi connectivity index (χ1v) is 8.83. The van der Waals surface area contributed by atoms with Gasteiger partial charge in [0.25, 0.3) is 0 Å². The van der Waals surface area contributed by atoms with Gasteiger partial charge in [0.1, 0.15) is 0 Å². The lowest BCUT2D eigenvalue weighted by molar-refractivity contribution is 0.983. The van der Waals surface area contributed by atoms with E-state index < -0.39 is 13.0 Å². The third kappa shape index (κ3) is 32.8. The van der Waals surface area contributed by atoms with Gasteiger partial charge >= 0.3 is 0 Å². The van der Waals surface area contributed by atoms with Crippen LogP contribution in [0.15, 0.2) is 12.7 Å². The third-order valence-electron chi connectivity index (χ3n) is 0.978. The molecule has 0 heterocycles. The molecule has 0 radical (unpaired) electrons. The van der Waals surface area contributed by atoms with Crippen LogP contribution in [-0.2, 0) is 0 Å². The molecule has 0 fully saturated rings. The van der Waals surface area contributed by atoms with Crippen LogP contribution in [-0.4, -0.2) is 30.6 Å². The van der Waals surface area contributed by atoms with E-state index in [2.05, 4.69) is 6.58 Å². The Kier molecular flexibility index (Phi) is 28.1. The van der Waals surface area contributed by atoms with Gasteiger partial charge in [-0.3, -0.25) is 0 Å². The van der Waals surface area contributed by atoms with Gasteiger partial charge in [0.15, 0.2) is 3.79 Å². The Labute approximate surface area is 176 Å². The van der Waals surface area contributed by atoms with Crippen molar-refractivity contribution in [2.75, 3.05) is 17.6 Å². The highest BCUT2D eigenvalue weighted by Crippen LogP contribution is 2.34. The van der Waals surface area contributed by atoms with Gasteiger partial charge in [-0.05, 0) is 0 Å². The monoisotopic (exact) mass is 506 g/mol. The summed E-state index contributed by atoms with van der Waals surface area (Å²) in [5.41, 5.74) is 0. The van der Waals surface area contributed by atoms with Crippen LogP contribution in [0, 0.1) is 0 Å². The number of rotatable bonds is 3. The molecule has 1 unspecified atom stereocenters. The summed E-state index contributed by atoms with van der Waals surface area (Å²) in [6.07, 6.45) is 2.04. The zero-order chi connectivity index (χ0) is 16.1. The zero-order valence-corrected chi connectivity index (χ0v) is 18.3. The molecule has 11 heteroatoms. The summed E-state index contributed by atoms with van der Waals surface area (Å²) in [6.45, 7) is 3.35. The maximum atomic E-state index is 5.41. The van der Waals surface area contributed by atoms with E-state index in [9.17, 15) is 0 Å². The Morgan fingerprint density at radius 1 is 0.950 bits per heavy atom. The van der Waals surface area contributed by atoms with Gasteiger partial charge in [-0.2, -0.15) is 0 Å². The van der Waals surface area contributed by atoms with Crippen molar-refractivity contribution in [3.8, 4) is 0 Å². The van der Waals surface area contributed by atoms with Gasteiger partial charge in [-0.15, -0.1) is 65.4 Å². The van der Waals surface area contributed by atoms with Crippen LogP contribution >= 0.6 is 128 Å². The molecule has 0 nitrogen and oxygen atoms in total. The Morgan fingerprint density at radius 2 is 1.30 bits per heavy atom. The summed E-state index contributed by atoms with van der Waals surface area (Å²) in [5.74, 6) is 1.08. The van der Waals surface area contributed by atoms with Gasteiger partial charge in [-0.25, -0.2) is 0 Å². The summed E-state index contributed by atoms with van der Waals surface area (Å²) in [4.78, 5) is 0. The van der Waals surface area contributed by atoms with E-state index in [0.717, 1.165) is 0 Å². The summed E-state index contributed by atoms with van der Waals surface area (Å²) < 4.78 is -2.61. The van der Waals surface area contributed by atoms with E-state index in [1.54, 1.807) is 6.08 Å². The van der Waals surface area contributed by atoms with Crippen LogP contribution in [0.3, 0.4) is 0 Å². The average molecular weight is 511 g/mol. The molecule has 0 bridgehead atoms. The zero-order valence-electron chi connectivity index (χ0n) is 9.88. The van der Waals surface area contributed by atoms with Crippen LogP contribution in [0.4, 0.5) is 0 Å². The number of allylic oxidation sites excluding steroid dienone is 1. The average Bonchev–Trinajstić information content (AvgIpc) is 2.26. The van der Waals surface area contributed by atoms with Gasteiger partial charge < -0.3 is 0 Å². The Balaban J connectivity index is -0.0000000986.